The number of alkyl halides is 3. The lowest BCUT2D eigenvalue weighted by Gasteiger charge is -2.13. The molecule has 0 radical (unpaired) electrons. The van der Waals surface area contributed by atoms with Crippen LogP contribution in [0.15, 0.2) is 55.0 Å². The fourth-order valence-electron chi connectivity index (χ4n) is 2.72. The van der Waals surface area contributed by atoms with Gasteiger partial charge in [0.1, 0.15) is 18.5 Å². The molecule has 0 aliphatic carbocycles. The number of hydrogen-bond acceptors (Lipinski definition) is 5. The van der Waals surface area contributed by atoms with Crippen LogP contribution in [0.5, 0.6) is 11.5 Å². The van der Waals surface area contributed by atoms with Crippen LogP contribution < -0.4 is 9.47 Å². The smallest absolute Gasteiger partial charge is 0.416 e. The van der Waals surface area contributed by atoms with Gasteiger partial charge in [-0.05, 0) is 41.5 Å². The summed E-state index contributed by atoms with van der Waals surface area (Å²) in [6, 6.07) is 9.86. The van der Waals surface area contributed by atoms with Crippen molar-refractivity contribution < 1.29 is 32.5 Å². The summed E-state index contributed by atoms with van der Waals surface area (Å²) in [5.74, 6) is -0.420. The Kier molecular flexibility index (Phi) is 6.54. The summed E-state index contributed by atoms with van der Waals surface area (Å²) < 4.78 is 49.5. The van der Waals surface area contributed by atoms with Crippen LogP contribution >= 0.6 is 0 Å². The number of aromatic carboxylic acids is 1. The summed E-state index contributed by atoms with van der Waals surface area (Å²) in [6.45, 7) is -0.0711. The van der Waals surface area contributed by atoms with Crippen molar-refractivity contribution in [3.8, 4) is 11.5 Å². The van der Waals surface area contributed by atoms with Crippen LogP contribution in [0.4, 0.5) is 13.2 Å². The van der Waals surface area contributed by atoms with Crippen LogP contribution in [0.3, 0.4) is 0 Å². The van der Waals surface area contributed by atoms with E-state index in [4.69, 9.17) is 9.47 Å². The maximum Gasteiger partial charge on any atom is 0.416 e. The van der Waals surface area contributed by atoms with Crippen molar-refractivity contribution in [1.29, 1.82) is 0 Å². The van der Waals surface area contributed by atoms with Gasteiger partial charge in [0.25, 0.3) is 0 Å². The molecule has 31 heavy (non-hydrogen) atoms. The van der Waals surface area contributed by atoms with E-state index in [9.17, 15) is 23.1 Å². The second kappa shape index (κ2) is 9.29. The molecule has 0 atom stereocenters. The Morgan fingerprint density at radius 3 is 2.65 bits per heavy atom. The van der Waals surface area contributed by atoms with Gasteiger partial charge in [0.2, 0.25) is 0 Å². The lowest BCUT2D eigenvalue weighted by atomic mass is 10.1. The third-order valence-electron chi connectivity index (χ3n) is 4.24. The van der Waals surface area contributed by atoms with E-state index in [0.717, 1.165) is 12.1 Å². The first-order valence-corrected chi connectivity index (χ1v) is 8.96. The average Bonchev–Trinajstić information content (AvgIpc) is 2.76. The van der Waals surface area contributed by atoms with Crippen molar-refractivity contribution in [2.24, 2.45) is 0 Å². The van der Waals surface area contributed by atoms with E-state index in [0.29, 0.717) is 22.6 Å². The Bertz CT molecular complexity index is 1110. The molecule has 9 heteroatoms. The standard InChI is InChI=1S/C22H17F3N2O4/c1-30-20-10-14(5-7-18-17(21(28)29)11-26-13-27-18)6-8-19(20)31-12-15-3-2-4-16(9-15)22(23,24)25/h2-11,13H,12H2,1H3,(H,28,29)/b7-5+. The largest absolute Gasteiger partial charge is 0.493 e. The van der Waals surface area contributed by atoms with E-state index in [1.54, 1.807) is 30.3 Å². The highest BCUT2D eigenvalue weighted by atomic mass is 19.4. The maximum absolute atomic E-state index is 12.9. The molecule has 0 saturated carbocycles. The number of nitrogens with zero attached hydrogens (tertiary/aromatic N) is 2. The topological polar surface area (TPSA) is 81.5 Å². The van der Waals surface area contributed by atoms with E-state index in [-0.39, 0.29) is 17.9 Å². The van der Waals surface area contributed by atoms with Crippen LogP contribution in [0.2, 0.25) is 0 Å². The fourth-order valence-corrected chi connectivity index (χ4v) is 2.72. The Balaban J connectivity index is 1.76. The quantitative estimate of drug-likeness (QED) is 0.571. The summed E-state index contributed by atoms with van der Waals surface area (Å²) in [6.07, 6.45) is 1.21. The van der Waals surface area contributed by atoms with Gasteiger partial charge in [0, 0.05) is 6.20 Å². The molecule has 0 aliphatic heterocycles. The number of hydrogen-bond donors (Lipinski definition) is 1. The van der Waals surface area contributed by atoms with Gasteiger partial charge in [-0.15, -0.1) is 0 Å². The predicted molar refractivity (Wildman–Crippen MR) is 107 cm³/mol. The first-order chi connectivity index (χ1) is 14.8. The highest BCUT2D eigenvalue weighted by Crippen LogP contribution is 2.32. The zero-order valence-corrected chi connectivity index (χ0v) is 16.3. The van der Waals surface area contributed by atoms with Gasteiger partial charge in [-0.2, -0.15) is 13.2 Å². The van der Waals surface area contributed by atoms with Gasteiger partial charge in [0.05, 0.1) is 18.4 Å². The summed E-state index contributed by atoms with van der Waals surface area (Å²) in [4.78, 5) is 18.9. The summed E-state index contributed by atoms with van der Waals surface area (Å²) >= 11 is 0. The molecule has 3 aromatic rings. The summed E-state index contributed by atoms with van der Waals surface area (Å²) in [5.41, 5.74) is 0.508. The summed E-state index contributed by atoms with van der Waals surface area (Å²) in [5, 5.41) is 9.18. The molecule has 3 rings (SSSR count). The Morgan fingerprint density at radius 2 is 1.94 bits per heavy atom. The second-order valence-electron chi connectivity index (χ2n) is 6.36. The number of aromatic nitrogens is 2. The SMILES string of the molecule is COc1cc(/C=C/c2ncncc2C(=O)O)ccc1OCc1cccc(C(F)(F)F)c1. The lowest BCUT2D eigenvalue weighted by molar-refractivity contribution is -0.137. The number of carboxylic acids is 1. The van der Waals surface area contributed by atoms with E-state index < -0.39 is 17.7 Å². The number of halogens is 3. The lowest BCUT2D eigenvalue weighted by Crippen LogP contribution is -2.06. The normalized spacial score (nSPS) is 11.5. The summed E-state index contributed by atoms with van der Waals surface area (Å²) in [7, 11) is 1.44. The molecule has 1 aromatic heterocycles. The van der Waals surface area contributed by atoms with Crippen LogP contribution in [0, 0.1) is 0 Å². The van der Waals surface area contributed by atoms with Crippen molar-refractivity contribution in [3.63, 3.8) is 0 Å². The van der Waals surface area contributed by atoms with Gasteiger partial charge >= 0.3 is 12.1 Å². The molecule has 1 N–H and O–H groups in total. The minimum absolute atomic E-state index is 0.0354. The zero-order valence-electron chi connectivity index (χ0n) is 16.3. The molecule has 6 nitrogen and oxygen atoms in total. The monoisotopic (exact) mass is 430 g/mol. The van der Waals surface area contributed by atoms with Crippen LogP contribution in [-0.2, 0) is 12.8 Å². The minimum Gasteiger partial charge on any atom is -0.493 e. The van der Waals surface area contributed by atoms with Crippen LogP contribution in [-0.4, -0.2) is 28.2 Å². The third-order valence-corrected chi connectivity index (χ3v) is 4.24. The Morgan fingerprint density at radius 1 is 1.13 bits per heavy atom. The number of carbonyl (C=O) groups is 1. The van der Waals surface area contributed by atoms with E-state index >= 15 is 0 Å². The van der Waals surface area contributed by atoms with Gasteiger partial charge in [-0.1, -0.05) is 24.3 Å². The van der Waals surface area contributed by atoms with Gasteiger partial charge < -0.3 is 14.6 Å². The van der Waals surface area contributed by atoms with E-state index in [2.05, 4.69) is 9.97 Å². The molecule has 160 valence electrons. The van der Waals surface area contributed by atoms with Crippen LogP contribution in [0.25, 0.3) is 12.2 Å². The molecule has 0 saturated heterocycles. The maximum atomic E-state index is 12.9. The van der Waals surface area contributed by atoms with Crippen molar-refractivity contribution in [1.82, 2.24) is 9.97 Å². The number of benzene rings is 2. The molecular formula is C22H17F3N2O4. The first-order valence-electron chi connectivity index (χ1n) is 8.96. The third kappa shape index (κ3) is 5.59. The predicted octanol–water partition coefficient (Wildman–Crippen LogP) is 4.95. The fraction of sp³-hybridized carbons (Fsp3) is 0.136. The number of methoxy groups -OCH3 is 1. The van der Waals surface area contributed by atoms with E-state index in [1.807, 2.05) is 0 Å². The first kappa shape index (κ1) is 21.8. The Labute approximate surface area is 175 Å². The molecule has 2 aromatic carbocycles. The van der Waals surface area contributed by atoms with Gasteiger partial charge in [-0.25, -0.2) is 14.8 Å². The average molecular weight is 430 g/mol. The molecule has 0 spiro atoms. The molecular weight excluding hydrogens is 413 g/mol. The van der Waals surface area contributed by atoms with Gasteiger partial charge in [-0.3, -0.25) is 0 Å². The highest BCUT2D eigenvalue weighted by molar-refractivity contribution is 5.92. The van der Waals surface area contributed by atoms with Crippen molar-refractivity contribution >= 4 is 18.1 Å². The number of rotatable bonds is 7. The molecule has 0 aliphatic rings. The van der Waals surface area contributed by atoms with Crippen molar-refractivity contribution in [3.05, 3.63) is 82.9 Å². The molecule has 1 heterocycles. The zero-order chi connectivity index (χ0) is 22.4. The van der Waals surface area contributed by atoms with Crippen LogP contribution in [0.1, 0.15) is 32.7 Å². The molecule has 0 fully saturated rings. The van der Waals surface area contributed by atoms with Crippen molar-refractivity contribution in [2.75, 3.05) is 7.11 Å². The second-order valence-corrected chi connectivity index (χ2v) is 6.36. The van der Waals surface area contributed by atoms with Gasteiger partial charge in [0.15, 0.2) is 11.5 Å². The molecule has 0 amide bonds. The van der Waals surface area contributed by atoms with Crippen molar-refractivity contribution in [2.45, 2.75) is 12.8 Å². The highest BCUT2D eigenvalue weighted by Gasteiger charge is 2.30. The van der Waals surface area contributed by atoms with E-state index in [1.165, 1.54) is 31.8 Å². The number of ether oxygens (including phenoxy) is 2. The number of carboxylic acid groups (broad SMARTS) is 1. The molecule has 0 unspecified atom stereocenters. The minimum atomic E-state index is -4.42. The Hall–Kier alpha value is -3.88. The molecule has 0 bridgehead atoms.